The number of fused-ring (bicyclic) bond motifs is 3. The molecule has 496 valence electrons. The first kappa shape index (κ1) is 66.3. The van der Waals surface area contributed by atoms with Crippen molar-refractivity contribution < 1.29 is 33.5 Å². The van der Waals surface area contributed by atoms with E-state index in [2.05, 4.69) is 107 Å². The fraction of sp³-hybridized carbons (Fsp3) is 0.357. The van der Waals surface area contributed by atoms with Crippen molar-refractivity contribution in [3.63, 3.8) is 0 Å². The van der Waals surface area contributed by atoms with Gasteiger partial charge in [0.25, 0.3) is 0 Å². The van der Waals surface area contributed by atoms with Gasteiger partial charge < -0.3 is 63.2 Å². The van der Waals surface area contributed by atoms with E-state index in [1.165, 1.54) is 5.56 Å². The molecular formula is C70H84N18O7. The minimum atomic E-state index is 0.184. The largest absolute Gasteiger partial charge is 0.493 e. The molecule has 25 heteroatoms. The van der Waals surface area contributed by atoms with Gasteiger partial charge in [-0.15, -0.1) is 0 Å². The molecule has 0 bridgehead atoms. The summed E-state index contributed by atoms with van der Waals surface area (Å²) >= 11 is 0. The summed E-state index contributed by atoms with van der Waals surface area (Å²) in [5.74, 6) is 7.55. The van der Waals surface area contributed by atoms with E-state index in [-0.39, 0.29) is 6.61 Å². The number of rotatable bonds is 26. The molecular weight excluding hydrogens is 1200 g/mol. The van der Waals surface area contributed by atoms with Crippen molar-refractivity contribution in [3.8, 4) is 17.5 Å². The number of hydrazone groups is 3. The van der Waals surface area contributed by atoms with Crippen molar-refractivity contribution in [1.82, 2.24) is 44.9 Å². The van der Waals surface area contributed by atoms with Crippen LogP contribution in [0.25, 0.3) is 32.7 Å². The summed E-state index contributed by atoms with van der Waals surface area (Å²) in [5, 5.41) is 25.6. The molecule has 0 spiro atoms. The summed E-state index contributed by atoms with van der Waals surface area (Å²) in [6.45, 7) is 11.9. The minimum Gasteiger partial charge on any atom is -0.493 e. The van der Waals surface area contributed by atoms with Crippen LogP contribution >= 0.6 is 0 Å². The molecule has 0 unspecified atom stereocenters. The minimum absolute atomic E-state index is 0.184. The Morgan fingerprint density at radius 1 is 0.484 bits per heavy atom. The molecule has 10 aromatic rings. The molecule has 0 amide bonds. The predicted octanol–water partition coefficient (Wildman–Crippen LogP) is 10.4. The quantitative estimate of drug-likeness (QED) is 0.0151. The number of nitrogens with zero attached hydrogens (tertiary/aromatic N) is 12. The molecule has 0 radical (unpaired) electrons. The van der Waals surface area contributed by atoms with Gasteiger partial charge >= 0.3 is 6.01 Å². The number of hydrogen-bond donors (Lipinski definition) is 7. The van der Waals surface area contributed by atoms with Crippen molar-refractivity contribution in [2.24, 2.45) is 15.3 Å². The van der Waals surface area contributed by atoms with Gasteiger partial charge in [-0.25, -0.2) is 19.9 Å². The molecule has 0 saturated carbocycles. The summed E-state index contributed by atoms with van der Waals surface area (Å²) < 4.78 is 33.0. The second kappa shape index (κ2) is 34.6. The van der Waals surface area contributed by atoms with Crippen molar-refractivity contribution >= 4 is 86.3 Å². The molecule has 7 N–H and O–H groups in total. The van der Waals surface area contributed by atoms with Crippen LogP contribution in [-0.2, 0) is 33.5 Å². The Morgan fingerprint density at radius 3 is 1.36 bits per heavy atom. The van der Waals surface area contributed by atoms with Crippen LogP contribution in [-0.4, -0.2) is 175 Å². The van der Waals surface area contributed by atoms with Crippen LogP contribution in [0.3, 0.4) is 0 Å². The Kier molecular flexibility index (Phi) is 24.1. The Morgan fingerprint density at radius 2 is 0.916 bits per heavy atom. The molecule has 3 aliphatic heterocycles. The van der Waals surface area contributed by atoms with E-state index in [1.54, 1.807) is 26.6 Å². The first-order valence-corrected chi connectivity index (χ1v) is 32.5. The van der Waals surface area contributed by atoms with Gasteiger partial charge in [0.15, 0.2) is 29.0 Å². The monoisotopic (exact) mass is 1290 g/mol. The van der Waals surface area contributed by atoms with Gasteiger partial charge in [-0.3, -0.25) is 16.3 Å². The molecule has 0 aliphatic carbocycles. The number of anilines is 6. The predicted molar refractivity (Wildman–Crippen MR) is 376 cm³/mol. The number of benzene rings is 4. The maximum absolute atomic E-state index is 9.04. The molecule has 25 nitrogen and oxygen atoms in total. The van der Waals surface area contributed by atoms with E-state index in [0.717, 1.165) is 181 Å². The third-order valence-corrected chi connectivity index (χ3v) is 16.1. The van der Waals surface area contributed by atoms with Gasteiger partial charge in [-0.2, -0.15) is 25.3 Å². The number of aliphatic hydroxyl groups excluding tert-OH is 1. The molecule has 3 fully saturated rings. The molecule has 3 aliphatic rings. The van der Waals surface area contributed by atoms with Crippen LogP contribution in [0.15, 0.2) is 143 Å². The van der Waals surface area contributed by atoms with Crippen molar-refractivity contribution in [1.29, 1.82) is 0 Å². The number of aliphatic hydroxyl groups is 1. The Bertz CT molecular complexity index is 3960. The Hall–Kier alpha value is -10.2. The number of ether oxygens (including phenoxy) is 6. The molecule has 4 aromatic carbocycles. The Labute approximate surface area is 552 Å². The number of para-hydroxylation sites is 3. The highest BCUT2D eigenvalue weighted by Crippen LogP contribution is 2.29. The topological polar surface area (TPSA) is 283 Å². The maximum Gasteiger partial charge on any atom is 0.320 e. The summed E-state index contributed by atoms with van der Waals surface area (Å²) in [6.07, 6.45) is 18.1. The number of methoxy groups -OCH3 is 2. The van der Waals surface area contributed by atoms with E-state index in [0.29, 0.717) is 69.7 Å². The van der Waals surface area contributed by atoms with Crippen molar-refractivity contribution in [2.45, 2.75) is 58.3 Å². The molecule has 9 heterocycles. The van der Waals surface area contributed by atoms with E-state index in [1.807, 2.05) is 110 Å². The first-order chi connectivity index (χ1) is 46.9. The number of hydrogen-bond acceptors (Lipinski definition) is 22. The van der Waals surface area contributed by atoms with Crippen LogP contribution in [0, 0.1) is 0 Å². The Balaban J connectivity index is 0.000000147. The normalized spacial score (nSPS) is 14.3. The highest BCUT2D eigenvalue weighted by atomic mass is 16.5. The van der Waals surface area contributed by atoms with Crippen molar-refractivity contribution in [3.05, 3.63) is 162 Å². The molecule has 13 rings (SSSR count). The van der Waals surface area contributed by atoms with E-state index < -0.39 is 0 Å². The highest BCUT2D eigenvalue weighted by Gasteiger charge is 2.19. The van der Waals surface area contributed by atoms with Gasteiger partial charge in [-0.1, -0.05) is 74.0 Å². The lowest BCUT2D eigenvalue weighted by atomic mass is 10.1. The van der Waals surface area contributed by atoms with Crippen LogP contribution in [0.1, 0.15) is 72.9 Å². The second-order valence-electron chi connectivity index (χ2n) is 22.7. The van der Waals surface area contributed by atoms with Crippen LogP contribution in [0.5, 0.6) is 17.5 Å². The van der Waals surface area contributed by atoms with E-state index in [9.17, 15) is 0 Å². The highest BCUT2D eigenvalue weighted by molar-refractivity contribution is 6.00. The van der Waals surface area contributed by atoms with E-state index in [4.69, 9.17) is 48.5 Å². The standard InChI is InChI=1S/C28H32N6O3.2C21H26N6O2/c1-35-24-11-10-20(16-25(24)36-2)6-5-9-26-31-27(17-28(32-26)34-12-14-37-15-13-34)33-30-19-21-18-29-23-8-4-3-7-22(21)23;28-10-4-3-7-19-24-20(13-21(25-19)27-8-11-29-12-9-27)26-23-15-16-14-22-18-6-2-1-5-17(16)18;1-2-3-10-29-21-24-19(13-20(25-21)27-8-11-28-12-9-27)26-23-15-16-14-22-18-7-5-4-6-17(16)18/h3-4,7-8,10-11,16-19,29H,5-6,9,12-15H2,1-2H3,(H,31,32,33);1-2,5-6,13-15,22,28H,3-4,7-12H2,(H,24,25,26);4-7,13-15,22H,2-3,8-12H2,1H3,(H,24,25,26)/b30-19+;2*23-15+. The molecule has 3 saturated heterocycles. The number of nitrogens with one attached hydrogen (secondary N) is 6. The lowest BCUT2D eigenvalue weighted by molar-refractivity contribution is 0.122. The zero-order valence-corrected chi connectivity index (χ0v) is 54.2. The zero-order chi connectivity index (χ0) is 65.2. The SMILES string of the molecule is CCCCOc1nc(N/N=C/c2c[nH]c3ccccc23)cc(N2CCOCC2)n1.COc1ccc(CCCc2nc(N/N=C/c3c[nH]c4ccccc34)cc(N3CCOCC3)n2)cc1OC.OCCCCc1nc(N/N=C/c2c[nH]c3ccccc23)cc(N2CCOCC2)n1. The van der Waals surface area contributed by atoms with Gasteiger partial charge in [0.2, 0.25) is 0 Å². The second-order valence-corrected chi connectivity index (χ2v) is 22.7. The lowest BCUT2D eigenvalue weighted by Gasteiger charge is -2.28. The zero-order valence-electron chi connectivity index (χ0n) is 54.2. The van der Waals surface area contributed by atoms with Crippen LogP contribution < -0.4 is 45.2 Å². The number of H-pyrrole nitrogens is 3. The van der Waals surface area contributed by atoms with Crippen LogP contribution in [0.2, 0.25) is 0 Å². The van der Waals surface area contributed by atoms with Gasteiger partial charge in [0.1, 0.15) is 29.1 Å². The molecule has 95 heavy (non-hydrogen) atoms. The third kappa shape index (κ3) is 18.8. The number of aromatic nitrogens is 9. The number of aryl methyl sites for hydroxylation is 3. The fourth-order valence-electron chi connectivity index (χ4n) is 11.0. The first-order valence-electron chi connectivity index (χ1n) is 32.5. The fourth-order valence-corrected chi connectivity index (χ4v) is 11.0. The van der Waals surface area contributed by atoms with Gasteiger partial charge in [0, 0.05) is 145 Å². The summed E-state index contributed by atoms with van der Waals surface area (Å²) in [5.41, 5.74) is 16.7. The van der Waals surface area contributed by atoms with Crippen LogP contribution in [0.4, 0.5) is 34.9 Å². The third-order valence-electron chi connectivity index (χ3n) is 16.1. The maximum atomic E-state index is 9.04. The molecule has 6 aromatic heterocycles. The van der Waals surface area contributed by atoms with E-state index >= 15 is 0 Å². The average Bonchev–Trinajstić information content (AvgIpc) is 2.37. The lowest BCUT2D eigenvalue weighted by Crippen LogP contribution is -2.37. The molecule has 0 atom stereocenters. The summed E-state index contributed by atoms with van der Waals surface area (Å²) in [6, 6.07) is 36.6. The smallest absolute Gasteiger partial charge is 0.320 e. The number of unbranched alkanes of at least 4 members (excludes halogenated alkanes) is 2. The number of aromatic amines is 3. The van der Waals surface area contributed by atoms with Gasteiger partial charge in [-0.05, 0) is 68.0 Å². The van der Waals surface area contributed by atoms with Crippen molar-refractivity contribution in [2.75, 3.05) is 137 Å². The average molecular weight is 1290 g/mol. The summed E-state index contributed by atoms with van der Waals surface area (Å²) in [4.78, 5) is 44.3. The summed E-state index contributed by atoms with van der Waals surface area (Å²) in [7, 11) is 3.30. The van der Waals surface area contributed by atoms with Gasteiger partial charge in [0.05, 0.1) is 79.1 Å². The number of morpholine rings is 3.